The lowest BCUT2D eigenvalue weighted by atomic mass is 9.96. The number of para-hydroxylation sites is 1. The Labute approximate surface area is 126 Å². The van der Waals surface area contributed by atoms with Crippen molar-refractivity contribution in [2.75, 3.05) is 13.7 Å². The first-order chi connectivity index (χ1) is 10.3. The van der Waals surface area contributed by atoms with Crippen LogP contribution in [0, 0.1) is 5.92 Å². The highest BCUT2D eigenvalue weighted by Crippen LogP contribution is 2.36. The van der Waals surface area contributed by atoms with E-state index in [2.05, 4.69) is 41.5 Å². The molecule has 2 aromatic rings. The van der Waals surface area contributed by atoms with Crippen molar-refractivity contribution in [1.82, 2.24) is 10.3 Å². The van der Waals surface area contributed by atoms with Crippen LogP contribution in [-0.2, 0) is 11.2 Å². The first-order valence-electron chi connectivity index (χ1n) is 7.95. The minimum absolute atomic E-state index is 0.326. The van der Waals surface area contributed by atoms with Crippen molar-refractivity contribution in [1.29, 1.82) is 0 Å². The summed E-state index contributed by atoms with van der Waals surface area (Å²) < 4.78 is 6.03. The molecule has 1 aromatic carbocycles. The Morgan fingerprint density at radius 3 is 2.81 bits per heavy atom. The van der Waals surface area contributed by atoms with Crippen LogP contribution in [0.3, 0.4) is 0 Å². The molecule has 0 saturated heterocycles. The third-order valence-corrected chi connectivity index (χ3v) is 4.39. The molecule has 0 radical (unpaired) electrons. The lowest BCUT2D eigenvalue weighted by molar-refractivity contribution is 0.0211. The van der Waals surface area contributed by atoms with Crippen LogP contribution in [0.5, 0.6) is 0 Å². The molecule has 0 spiro atoms. The van der Waals surface area contributed by atoms with Crippen LogP contribution in [0.15, 0.2) is 36.5 Å². The third kappa shape index (κ3) is 3.25. The van der Waals surface area contributed by atoms with E-state index in [0.717, 1.165) is 24.5 Å². The van der Waals surface area contributed by atoms with Gasteiger partial charge in [-0.3, -0.25) is 4.98 Å². The molecular formula is C18H24N2O. The van der Waals surface area contributed by atoms with Gasteiger partial charge in [-0.1, -0.05) is 18.2 Å². The molecule has 1 N–H and O–H groups in total. The maximum Gasteiger partial charge on any atom is 0.0759 e. The van der Waals surface area contributed by atoms with Gasteiger partial charge in [0.1, 0.15) is 0 Å². The SMILES string of the molecule is CCOC(C1CC1)C(Cc1ccnc2ccccc12)NC. The molecule has 1 fully saturated rings. The van der Waals surface area contributed by atoms with E-state index < -0.39 is 0 Å². The minimum atomic E-state index is 0.326. The fourth-order valence-electron chi connectivity index (χ4n) is 3.15. The maximum atomic E-state index is 6.03. The highest BCUT2D eigenvalue weighted by molar-refractivity contribution is 5.81. The van der Waals surface area contributed by atoms with Gasteiger partial charge in [-0.05, 0) is 56.8 Å². The van der Waals surface area contributed by atoms with E-state index in [9.17, 15) is 0 Å². The molecule has 0 bridgehead atoms. The van der Waals surface area contributed by atoms with E-state index in [0.29, 0.717) is 12.1 Å². The van der Waals surface area contributed by atoms with Crippen LogP contribution in [0.2, 0.25) is 0 Å². The normalized spacial score (nSPS) is 17.8. The van der Waals surface area contributed by atoms with Gasteiger partial charge < -0.3 is 10.1 Å². The maximum absolute atomic E-state index is 6.03. The van der Waals surface area contributed by atoms with Crippen molar-refractivity contribution in [2.45, 2.75) is 38.3 Å². The van der Waals surface area contributed by atoms with E-state index in [1.165, 1.54) is 23.8 Å². The number of aromatic nitrogens is 1. The van der Waals surface area contributed by atoms with Crippen molar-refractivity contribution in [3.05, 3.63) is 42.1 Å². The van der Waals surface area contributed by atoms with E-state index in [4.69, 9.17) is 4.74 Å². The first kappa shape index (κ1) is 14.5. The van der Waals surface area contributed by atoms with Crippen molar-refractivity contribution >= 4 is 10.9 Å². The zero-order valence-corrected chi connectivity index (χ0v) is 12.9. The number of nitrogens with zero attached hydrogens (tertiary/aromatic N) is 1. The molecule has 1 aliphatic rings. The van der Waals surface area contributed by atoms with E-state index in [1.54, 1.807) is 0 Å². The standard InChI is InChI=1S/C18H24N2O/c1-3-21-18(13-8-9-13)17(19-2)12-14-10-11-20-16-7-5-4-6-15(14)16/h4-7,10-11,13,17-19H,3,8-9,12H2,1-2H3. The summed E-state index contributed by atoms with van der Waals surface area (Å²) in [7, 11) is 2.04. The largest absolute Gasteiger partial charge is 0.377 e. The number of hydrogen-bond donors (Lipinski definition) is 1. The lowest BCUT2D eigenvalue weighted by Crippen LogP contribution is -2.42. The number of pyridine rings is 1. The number of ether oxygens (including phenoxy) is 1. The molecule has 1 saturated carbocycles. The molecule has 0 aliphatic heterocycles. The number of benzene rings is 1. The summed E-state index contributed by atoms with van der Waals surface area (Å²) in [4.78, 5) is 4.45. The van der Waals surface area contributed by atoms with Crippen LogP contribution >= 0.6 is 0 Å². The zero-order chi connectivity index (χ0) is 14.7. The number of likely N-dealkylation sites (N-methyl/N-ethyl adjacent to an activating group) is 1. The summed E-state index contributed by atoms with van der Waals surface area (Å²) in [6, 6.07) is 10.9. The Bertz CT molecular complexity index is 589. The molecule has 21 heavy (non-hydrogen) atoms. The molecular weight excluding hydrogens is 260 g/mol. The second kappa shape index (κ2) is 6.54. The lowest BCUT2D eigenvalue weighted by Gasteiger charge is -2.27. The van der Waals surface area contributed by atoms with Gasteiger partial charge in [0, 0.05) is 24.2 Å². The average Bonchev–Trinajstić information content (AvgIpc) is 3.35. The van der Waals surface area contributed by atoms with Gasteiger partial charge in [-0.25, -0.2) is 0 Å². The van der Waals surface area contributed by atoms with Crippen LogP contribution in [0.4, 0.5) is 0 Å². The monoisotopic (exact) mass is 284 g/mol. The number of rotatable bonds is 7. The van der Waals surface area contributed by atoms with Crippen molar-refractivity contribution in [2.24, 2.45) is 5.92 Å². The molecule has 1 aliphatic carbocycles. The number of hydrogen-bond acceptors (Lipinski definition) is 3. The molecule has 3 rings (SSSR count). The fraction of sp³-hybridized carbons (Fsp3) is 0.500. The van der Waals surface area contributed by atoms with E-state index in [1.807, 2.05) is 19.3 Å². The topological polar surface area (TPSA) is 34.1 Å². The average molecular weight is 284 g/mol. The van der Waals surface area contributed by atoms with E-state index in [-0.39, 0.29) is 0 Å². The molecule has 2 atom stereocenters. The molecule has 112 valence electrons. The smallest absolute Gasteiger partial charge is 0.0759 e. The summed E-state index contributed by atoms with van der Waals surface area (Å²) in [5.41, 5.74) is 2.43. The summed E-state index contributed by atoms with van der Waals surface area (Å²) in [5.74, 6) is 0.732. The quantitative estimate of drug-likeness (QED) is 0.848. The second-order valence-corrected chi connectivity index (χ2v) is 5.84. The fourth-order valence-corrected chi connectivity index (χ4v) is 3.15. The second-order valence-electron chi connectivity index (χ2n) is 5.84. The molecule has 1 heterocycles. The molecule has 2 unspecified atom stereocenters. The Morgan fingerprint density at radius 2 is 2.10 bits per heavy atom. The molecule has 1 aromatic heterocycles. The number of nitrogens with one attached hydrogen (secondary N) is 1. The van der Waals surface area contributed by atoms with Crippen LogP contribution in [-0.4, -0.2) is 30.8 Å². The molecule has 0 amide bonds. The highest BCUT2D eigenvalue weighted by Gasteiger charge is 2.36. The predicted octanol–water partition coefficient (Wildman–Crippen LogP) is 3.18. The summed E-state index contributed by atoms with van der Waals surface area (Å²) in [6.45, 7) is 2.88. The molecule has 3 nitrogen and oxygen atoms in total. The van der Waals surface area contributed by atoms with Gasteiger partial charge in [-0.15, -0.1) is 0 Å². The Morgan fingerprint density at radius 1 is 1.29 bits per heavy atom. The highest BCUT2D eigenvalue weighted by atomic mass is 16.5. The van der Waals surface area contributed by atoms with Crippen molar-refractivity contribution in [3.63, 3.8) is 0 Å². The Kier molecular flexibility index (Phi) is 4.51. The van der Waals surface area contributed by atoms with Crippen LogP contribution < -0.4 is 5.32 Å². The van der Waals surface area contributed by atoms with Gasteiger partial charge in [0.05, 0.1) is 11.6 Å². The van der Waals surface area contributed by atoms with Gasteiger partial charge in [0.2, 0.25) is 0 Å². The van der Waals surface area contributed by atoms with Crippen LogP contribution in [0.25, 0.3) is 10.9 Å². The third-order valence-electron chi connectivity index (χ3n) is 4.39. The summed E-state index contributed by atoms with van der Waals surface area (Å²) in [5, 5.41) is 4.73. The Hall–Kier alpha value is -1.45. The first-order valence-corrected chi connectivity index (χ1v) is 7.95. The summed E-state index contributed by atoms with van der Waals surface area (Å²) in [6.07, 6.45) is 5.84. The number of fused-ring (bicyclic) bond motifs is 1. The molecule has 3 heteroatoms. The minimum Gasteiger partial charge on any atom is -0.377 e. The van der Waals surface area contributed by atoms with E-state index >= 15 is 0 Å². The van der Waals surface area contributed by atoms with Crippen LogP contribution in [0.1, 0.15) is 25.3 Å². The van der Waals surface area contributed by atoms with Crippen molar-refractivity contribution in [3.8, 4) is 0 Å². The Balaban J connectivity index is 1.84. The predicted molar refractivity (Wildman–Crippen MR) is 86.4 cm³/mol. The van der Waals surface area contributed by atoms with Gasteiger partial charge >= 0.3 is 0 Å². The zero-order valence-electron chi connectivity index (χ0n) is 12.9. The van der Waals surface area contributed by atoms with Gasteiger partial charge in [0.25, 0.3) is 0 Å². The summed E-state index contributed by atoms with van der Waals surface area (Å²) >= 11 is 0. The van der Waals surface area contributed by atoms with Gasteiger partial charge in [-0.2, -0.15) is 0 Å². The van der Waals surface area contributed by atoms with Gasteiger partial charge in [0.15, 0.2) is 0 Å². The van der Waals surface area contributed by atoms with Crippen molar-refractivity contribution < 1.29 is 4.74 Å².